The van der Waals surface area contributed by atoms with Gasteiger partial charge in [0.25, 0.3) is 0 Å². The summed E-state index contributed by atoms with van der Waals surface area (Å²) < 4.78 is 5.50. The molecule has 3 aromatic carbocycles. The first-order valence-corrected chi connectivity index (χ1v) is 12.3. The molecule has 2 unspecified atom stereocenters. The second kappa shape index (κ2) is 9.32. The van der Waals surface area contributed by atoms with Gasteiger partial charge >= 0.3 is 12.1 Å². The number of rotatable bonds is 8. The highest BCUT2D eigenvalue weighted by molar-refractivity contribution is 7.99. The van der Waals surface area contributed by atoms with Gasteiger partial charge in [0.1, 0.15) is 12.6 Å². The number of thioether (sulfide) groups is 1. The third kappa shape index (κ3) is 4.35. The maximum absolute atomic E-state index is 12.5. The van der Waals surface area contributed by atoms with Crippen molar-refractivity contribution < 1.29 is 19.4 Å². The maximum atomic E-state index is 12.5. The van der Waals surface area contributed by atoms with Crippen LogP contribution >= 0.6 is 11.8 Å². The third-order valence-electron chi connectivity index (χ3n) is 6.50. The summed E-state index contributed by atoms with van der Waals surface area (Å²) in [5, 5.41) is 12.1. The Bertz CT molecular complexity index is 1150. The van der Waals surface area contributed by atoms with E-state index in [-0.39, 0.29) is 12.5 Å². The van der Waals surface area contributed by atoms with Gasteiger partial charge in [0.15, 0.2) is 0 Å². The highest BCUT2D eigenvalue weighted by Crippen LogP contribution is 2.44. The Morgan fingerprint density at radius 1 is 0.939 bits per heavy atom. The van der Waals surface area contributed by atoms with Gasteiger partial charge in [-0.15, -0.1) is 0 Å². The van der Waals surface area contributed by atoms with E-state index in [1.54, 1.807) is 11.8 Å². The first kappa shape index (κ1) is 21.6. The second-order valence-corrected chi connectivity index (χ2v) is 9.57. The lowest BCUT2D eigenvalue weighted by molar-refractivity contribution is -0.138. The van der Waals surface area contributed by atoms with E-state index in [2.05, 4.69) is 41.7 Å². The van der Waals surface area contributed by atoms with Crippen molar-refractivity contribution in [1.82, 2.24) is 5.32 Å². The summed E-state index contributed by atoms with van der Waals surface area (Å²) in [7, 11) is 0. The van der Waals surface area contributed by atoms with Crippen LogP contribution in [-0.4, -0.2) is 41.3 Å². The Kier molecular flexibility index (Phi) is 6.09. The van der Waals surface area contributed by atoms with E-state index in [1.807, 2.05) is 36.4 Å². The molecule has 5 rings (SSSR count). The van der Waals surface area contributed by atoms with E-state index in [4.69, 9.17) is 4.74 Å². The van der Waals surface area contributed by atoms with Crippen LogP contribution in [-0.2, 0) is 16.0 Å². The number of aliphatic carboxylic acids is 1. The molecule has 0 heterocycles. The third-order valence-corrected chi connectivity index (χ3v) is 7.71. The normalized spacial score (nSPS) is 16.7. The van der Waals surface area contributed by atoms with Crippen LogP contribution in [0, 0.1) is 0 Å². The van der Waals surface area contributed by atoms with Gasteiger partial charge in [0.05, 0.1) is 0 Å². The monoisotopic (exact) mass is 459 g/mol. The molecule has 0 radical (unpaired) electrons. The first-order valence-electron chi connectivity index (χ1n) is 11.1. The van der Waals surface area contributed by atoms with E-state index in [1.165, 1.54) is 11.1 Å². The number of hydrogen-bond donors (Lipinski definition) is 2. The van der Waals surface area contributed by atoms with Crippen molar-refractivity contribution in [2.45, 2.75) is 24.3 Å². The summed E-state index contributed by atoms with van der Waals surface area (Å²) in [6, 6.07) is 23.6. The lowest BCUT2D eigenvalue weighted by Crippen LogP contribution is -2.43. The van der Waals surface area contributed by atoms with Crippen LogP contribution in [0.2, 0.25) is 0 Å². The number of benzene rings is 3. The number of amides is 1. The van der Waals surface area contributed by atoms with Crippen LogP contribution in [0.1, 0.15) is 34.1 Å². The van der Waals surface area contributed by atoms with Gasteiger partial charge in [-0.2, -0.15) is 11.8 Å². The number of carboxylic acid groups (broad SMARTS) is 1. The van der Waals surface area contributed by atoms with Crippen molar-refractivity contribution in [2.24, 2.45) is 0 Å². The number of hydrogen-bond acceptors (Lipinski definition) is 4. The van der Waals surface area contributed by atoms with E-state index in [0.29, 0.717) is 11.7 Å². The predicted octanol–water partition coefficient (Wildman–Crippen LogP) is 5.05. The highest BCUT2D eigenvalue weighted by Gasteiger charge is 2.30. The van der Waals surface area contributed by atoms with Gasteiger partial charge in [-0.1, -0.05) is 72.8 Å². The number of carboxylic acids is 1. The van der Waals surface area contributed by atoms with Crippen LogP contribution < -0.4 is 5.32 Å². The summed E-state index contributed by atoms with van der Waals surface area (Å²) in [4.78, 5) is 24.2. The second-order valence-electron chi connectivity index (χ2n) is 8.50. The molecule has 0 spiro atoms. The molecule has 2 aliphatic rings. The minimum atomic E-state index is -1.05. The zero-order chi connectivity index (χ0) is 22.8. The number of carbonyl (C=O) groups is 2. The summed E-state index contributed by atoms with van der Waals surface area (Å²) in [6.07, 6.45) is 0.333. The molecule has 33 heavy (non-hydrogen) atoms. The van der Waals surface area contributed by atoms with Crippen molar-refractivity contribution >= 4 is 23.8 Å². The minimum Gasteiger partial charge on any atom is -0.480 e. The van der Waals surface area contributed by atoms with Crippen molar-refractivity contribution in [3.05, 3.63) is 95.1 Å². The number of fused-ring (bicyclic) bond motifs is 4. The molecular weight excluding hydrogens is 434 g/mol. The molecule has 0 aromatic heterocycles. The van der Waals surface area contributed by atoms with E-state index in [0.717, 1.165) is 34.4 Å². The SMILES string of the molecule is O=C(NC(CSCC1Cc2ccccc21)C(=O)O)OCC1c2ccccc2-c2ccccc21. The maximum Gasteiger partial charge on any atom is 0.407 e. The van der Waals surface area contributed by atoms with Crippen LogP contribution in [0.4, 0.5) is 4.79 Å². The van der Waals surface area contributed by atoms with E-state index < -0.39 is 18.1 Å². The van der Waals surface area contributed by atoms with Crippen molar-refractivity contribution in [3.63, 3.8) is 0 Å². The number of ether oxygens (including phenoxy) is 1. The Morgan fingerprint density at radius 2 is 1.55 bits per heavy atom. The van der Waals surface area contributed by atoms with Crippen molar-refractivity contribution in [1.29, 1.82) is 0 Å². The molecule has 0 bridgehead atoms. The number of carbonyl (C=O) groups excluding carboxylic acids is 1. The van der Waals surface area contributed by atoms with Gasteiger partial charge in [-0.05, 0) is 45.7 Å². The van der Waals surface area contributed by atoms with Crippen LogP contribution in [0.5, 0.6) is 0 Å². The fourth-order valence-corrected chi connectivity index (χ4v) is 5.98. The van der Waals surface area contributed by atoms with Crippen LogP contribution in [0.3, 0.4) is 0 Å². The quantitative estimate of drug-likeness (QED) is 0.493. The smallest absolute Gasteiger partial charge is 0.407 e. The summed E-state index contributed by atoms with van der Waals surface area (Å²) in [6.45, 7) is 0.165. The molecule has 168 valence electrons. The Hall–Kier alpha value is -3.25. The summed E-state index contributed by atoms with van der Waals surface area (Å²) in [5.74, 6) is 0.491. The van der Waals surface area contributed by atoms with Gasteiger partial charge in [0, 0.05) is 17.4 Å². The highest BCUT2D eigenvalue weighted by atomic mass is 32.2. The molecule has 6 heteroatoms. The lowest BCUT2D eigenvalue weighted by atomic mass is 9.79. The molecule has 2 N–H and O–H groups in total. The number of nitrogens with one attached hydrogen (secondary N) is 1. The van der Waals surface area contributed by atoms with Crippen molar-refractivity contribution in [3.8, 4) is 11.1 Å². The molecule has 2 atom stereocenters. The molecule has 0 aliphatic heterocycles. The van der Waals surface area contributed by atoms with Crippen LogP contribution in [0.25, 0.3) is 11.1 Å². The lowest BCUT2D eigenvalue weighted by Gasteiger charge is -2.30. The molecular formula is C27H25NO4S. The van der Waals surface area contributed by atoms with E-state index in [9.17, 15) is 14.7 Å². The molecule has 0 saturated carbocycles. The topological polar surface area (TPSA) is 75.6 Å². The largest absolute Gasteiger partial charge is 0.480 e. The molecule has 0 saturated heterocycles. The fraction of sp³-hybridized carbons (Fsp3) is 0.259. The average Bonchev–Trinajstić information content (AvgIpc) is 3.13. The minimum absolute atomic E-state index is 0.0560. The zero-order valence-electron chi connectivity index (χ0n) is 18.1. The molecule has 1 amide bonds. The molecule has 5 nitrogen and oxygen atoms in total. The van der Waals surface area contributed by atoms with Crippen molar-refractivity contribution in [2.75, 3.05) is 18.1 Å². The average molecular weight is 460 g/mol. The molecule has 3 aromatic rings. The number of alkyl carbamates (subject to hydrolysis) is 1. The molecule has 0 fully saturated rings. The van der Waals surface area contributed by atoms with Gasteiger partial charge in [-0.25, -0.2) is 9.59 Å². The standard InChI is InChI=1S/C27H25NO4S/c29-26(30)25(16-33-15-18-13-17-7-1-2-8-19(17)18)28-27(31)32-14-24-22-11-5-3-9-20(22)21-10-4-6-12-23(21)24/h1-12,18,24-25H,13-16H2,(H,28,31)(H,29,30). The Labute approximate surface area is 197 Å². The van der Waals surface area contributed by atoms with E-state index >= 15 is 0 Å². The zero-order valence-corrected chi connectivity index (χ0v) is 18.9. The Balaban J connectivity index is 1.15. The molecule has 2 aliphatic carbocycles. The van der Waals surface area contributed by atoms with Gasteiger partial charge < -0.3 is 15.2 Å². The van der Waals surface area contributed by atoms with Gasteiger partial charge in [-0.3, -0.25) is 0 Å². The first-order chi connectivity index (χ1) is 16.1. The fourth-order valence-electron chi connectivity index (χ4n) is 4.80. The summed E-state index contributed by atoms with van der Waals surface area (Å²) >= 11 is 1.55. The van der Waals surface area contributed by atoms with Gasteiger partial charge in [0.2, 0.25) is 0 Å². The Morgan fingerprint density at radius 3 is 2.18 bits per heavy atom. The summed E-state index contributed by atoms with van der Waals surface area (Å²) in [5.41, 5.74) is 7.27. The predicted molar refractivity (Wildman–Crippen MR) is 130 cm³/mol. The van der Waals surface area contributed by atoms with Crippen LogP contribution in [0.15, 0.2) is 72.8 Å².